The largest absolute Gasteiger partial charge is 0.497 e. The summed E-state index contributed by atoms with van der Waals surface area (Å²) in [6.07, 6.45) is 0.657. The summed E-state index contributed by atoms with van der Waals surface area (Å²) in [5.74, 6) is 1.58. The van der Waals surface area contributed by atoms with Crippen LogP contribution in [-0.4, -0.2) is 29.1 Å². The molecule has 5 heteroatoms. The number of para-hydroxylation sites is 2. The van der Waals surface area contributed by atoms with Gasteiger partial charge in [-0.05, 0) is 43.3 Å². The third-order valence-electron chi connectivity index (χ3n) is 4.15. The number of nitrogens with one attached hydrogen (secondary N) is 1. The van der Waals surface area contributed by atoms with Gasteiger partial charge in [-0.25, -0.2) is 4.98 Å². The van der Waals surface area contributed by atoms with Gasteiger partial charge in [0.25, 0.3) is 5.91 Å². The SMILES string of the molecule is C=C(C)Cn1c(CCNC(=O)c2ccc(OC)cc2)nc2ccccc21. The number of imidazole rings is 1. The van der Waals surface area contributed by atoms with E-state index in [1.807, 2.05) is 25.1 Å². The van der Waals surface area contributed by atoms with Crippen molar-refractivity contribution in [1.82, 2.24) is 14.9 Å². The summed E-state index contributed by atoms with van der Waals surface area (Å²) in [5, 5.41) is 2.95. The number of ether oxygens (including phenoxy) is 1. The van der Waals surface area contributed by atoms with Crippen LogP contribution in [0, 0.1) is 0 Å². The number of amides is 1. The van der Waals surface area contributed by atoms with Crippen LogP contribution in [0.5, 0.6) is 5.75 Å². The number of methoxy groups -OCH3 is 1. The van der Waals surface area contributed by atoms with Crippen LogP contribution >= 0.6 is 0 Å². The highest BCUT2D eigenvalue weighted by atomic mass is 16.5. The molecule has 1 heterocycles. The van der Waals surface area contributed by atoms with E-state index in [0.717, 1.165) is 34.7 Å². The number of hydrogen-bond acceptors (Lipinski definition) is 3. The molecule has 3 rings (SSSR count). The smallest absolute Gasteiger partial charge is 0.251 e. The predicted octanol–water partition coefficient (Wildman–Crippen LogP) is 3.59. The molecular formula is C21H23N3O2. The van der Waals surface area contributed by atoms with Crippen LogP contribution in [-0.2, 0) is 13.0 Å². The molecular weight excluding hydrogens is 326 g/mol. The zero-order valence-electron chi connectivity index (χ0n) is 15.2. The molecule has 1 amide bonds. The molecule has 0 radical (unpaired) electrons. The lowest BCUT2D eigenvalue weighted by Crippen LogP contribution is -2.26. The lowest BCUT2D eigenvalue weighted by atomic mass is 10.2. The van der Waals surface area contributed by atoms with Crippen LogP contribution in [0.1, 0.15) is 23.1 Å². The molecule has 0 aliphatic heterocycles. The lowest BCUT2D eigenvalue weighted by Gasteiger charge is -2.10. The quantitative estimate of drug-likeness (QED) is 0.663. The molecule has 2 aromatic carbocycles. The van der Waals surface area contributed by atoms with Gasteiger partial charge in [0.05, 0.1) is 18.1 Å². The summed E-state index contributed by atoms with van der Waals surface area (Å²) >= 11 is 0. The topological polar surface area (TPSA) is 56.2 Å². The number of aromatic nitrogens is 2. The number of rotatable bonds is 7. The zero-order chi connectivity index (χ0) is 18.5. The molecule has 0 unspecified atom stereocenters. The Bertz CT molecular complexity index is 926. The fraction of sp³-hybridized carbons (Fsp3) is 0.238. The molecule has 5 nitrogen and oxygen atoms in total. The fourth-order valence-electron chi connectivity index (χ4n) is 2.89. The van der Waals surface area contributed by atoms with E-state index in [-0.39, 0.29) is 5.91 Å². The number of carbonyl (C=O) groups excluding carboxylic acids is 1. The molecule has 0 saturated heterocycles. The summed E-state index contributed by atoms with van der Waals surface area (Å²) in [7, 11) is 1.60. The van der Waals surface area contributed by atoms with Gasteiger partial charge in [0.15, 0.2) is 0 Å². The number of carbonyl (C=O) groups is 1. The van der Waals surface area contributed by atoms with Crippen molar-refractivity contribution in [1.29, 1.82) is 0 Å². The molecule has 3 aromatic rings. The first-order valence-electron chi connectivity index (χ1n) is 8.59. The molecule has 0 saturated carbocycles. The van der Waals surface area contributed by atoms with Crippen LogP contribution in [0.15, 0.2) is 60.7 Å². The van der Waals surface area contributed by atoms with E-state index in [0.29, 0.717) is 18.5 Å². The molecule has 0 atom stereocenters. The third-order valence-corrected chi connectivity index (χ3v) is 4.15. The van der Waals surface area contributed by atoms with Crippen molar-refractivity contribution in [3.05, 3.63) is 72.1 Å². The maximum atomic E-state index is 12.3. The van der Waals surface area contributed by atoms with Crippen molar-refractivity contribution in [2.45, 2.75) is 19.9 Å². The minimum atomic E-state index is -0.102. The zero-order valence-corrected chi connectivity index (χ0v) is 15.2. The Balaban J connectivity index is 1.69. The van der Waals surface area contributed by atoms with E-state index in [4.69, 9.17) is 9.72 Å². The fourth-order valence-corrected chi connectivity index (χ4v) is 2.89. The van der Waals surface area contributed by atoms with Crippen molar-refractivity contribution in [2.24, 2.45) is 0 Å². The predicted molar refractivity (Wildman–Crippen MR) is 104 cm³/mol. The van der Waals surface area contributed by atoms with Crippen LogP contribution in [0.25, 0.3) is 11.0 Å². The van der Waals surface area contributed by atoms with Gasteiger partial charge in [-0.3, -0.25) is 4.79 Å². The Morgan fingerprint density at radius 3 is 2.62 bits per heavy atom. The molecule has 0 spiro atoms. The van der Waals surface area contributed by atoms with Crippen molar-refractivity contribution in [3.8, 4) is 5.75 Å². The Morgan fingerprint density at radius 2 is 1.92 bits per heavy atom. The van der Waals surface area contributed by atoms with E-state index in [1.165, 1.54) is 0 Å². The summed E-state index contributed by atoms with van der Waals surface area (Å²) in [4.78, 5) is 17.0. The lowest BCUT2D eigenvalue weighted by molar-refractivity contribution is 0.0954. The number of hydrogen-bond donors (Lipinski definition) is 1. The second kappa shape index (κ2) is 7.87. The maximum absolute atomic E-state index is 12.3. The molecule has 1 N–H and O–H groups in total. The average Bonchev–Trinajstić information content (AvgIpc) is 2.99. The number of allylic oxidation sites excluding steroid dienone is 1. The van der Waals surface area contributed by atoms with Crippen molar-refractivity contribution in [3.63, 3.8) is 0 Å². The highest BCUT2D eigenvalue weighted by Gasteiger charge is 2.11. The van der Waals surface area contributed by atoms with E-state index in [9.17, 15) is 4.79 Å². The number of fused-ring (bicyclic) bond motifs is 1. The minimum absolute atomic E-state index is 0.102. The van der Waals surface area contributed by atoms with Gasteiger partial charge in [0.2, 0.25) is 0 Å². The number of nitrogens with zero attached hydrogens (tertiary/aromatic N) is 2. The Labute approximate surface area is 153 Å². The van der Waals surface area contributed by atoms with Gasteiger partial charge >= 0.3 is 0 Å². The second-order valence-corrected chi connectivity index (χ2v) is 6.29. The molecule has 0 aliphatic carbocycles. The molecule has 0 aliphatic rings. The molecule has 0 bridgehead atoms. The third kappa shape index (κ3) is 3.94. The second-order valence-electron chi connectivity index (χ2n) is 6.29. The summed E-state index contributed by atoms with van der Waals surface area (Å²) in [6, 6.07) is 15.1. The first kappa shape index (κ1) is 17.7. The summed E-state index contributed by atoms with van der Waals surface area (Å²) < 4.78 is 7.28. The van der Waals surface area contributed by atoms with Gasteiger partial charge in [-0.2, -0.15) is 0 Å². The van der Waals surface area contributed by atoms with Crippen molar-refractivity contribution < 1.29 is 9.53 Å². The van der Waals surface area contributed by atoms with Gasteiger partial charge in [-0.15, -0.1) is 0 Å². The first-order chi connectivity index (χ1) is 12.6. The Hall–Kier alpha value is -3.08. The average molecular weight is 349 g/mol. The van der Waals surface area contributed by atoms with Crippen LogP contribution in [0.2, 0.25) is 0 Å². The van der Waals surface area contributed by atoms with Crippen molar-refractivity contribution in [2.75, 3.05) is 13.7 Å². The Kier molecular flexibility index (Phi) is 5.37. The van der Waals surface area contributed by atoms with Crippen LogP contribution in [0.4, 0.5) is 0 Å². The van der Waals surface area contributed by atoms with E-state index in [1.54, 1.807) is 31.4 Å². The standard InChI is InChI=1S/C21H23N3O2/c1-15(2)14-24-19-7-5-4-6-18(19)23-20(24)12-13-22-21(25)16-8-10-17(26-3)11-9-16/h4-11H,1,12-14H2,2-3H3,(H,22,25). The van der Waals surface area contributed by atoms with Crippen molar-refractivity contribution >= 4 is 16.9 Å². The highest BCUT2D eigenvalue weighted by Crippen LogP contribution is 2.18. The summed E-state index contributed by atoms with van der Waals surface area (Å²) in [6.45, 7) is 7.26. The van der Waals surface area contributed by atoms with Gasteiger partial charge in [0, 0.05) is 25.1 Å². The summed E-state index contributed by atoms with van der Waals surface area (Å²) in [5.41, 5.74) is 3.73. The normalized spacial score (nSPS) is 10.7. The molecule has 134 valence electrons. The molecule has 1 aromatic heterocycles. The Morgan fingerprint density at radius 1 is 1.19 bits per heavy atom. The van der Waals surface area contributed by atoms with E-state index < -0.39 is 0 Å². The minimum Gasteiger partial charge on any atom is -0.497 e. The van der Waals surface area contributed by atoms with Gasteiger partial charge in [0.1, 0.15) is 11.6 Å². The monoisotopic (exact) mass is 349 g/mol. The highest BCUT2D eigenvalue weighted by molar-refractivity contribution is 5.94. The first-order valence-corrected chi connectivity index (χ1v) is 8.59. The van der Waals surface area contributed by atoms with Gasteiger partial charge in [-0.1, -0.05) is 24.3 Å². The molecule has 0 fully saturated rings. The number of benzene rings is 2. The van der Waals surface area contributed by atoms with Crippen LogP contribution < -0.4 is 10.1 Å². The van der Waals surface area contributed by atoms with Gasteiger partial charge < -0.3 is 14.6 Å². The maximum Gasteiger partial charge on any atom is 0.251 e. The van der Waals surface area contributed by atoms with Crippen LogP contribution in [0.3, 0.4) is 0 Å². The molecule has 26 heavy (non-hydrogen) atoms. The van der Waals surface area contributed by atoms with E-state index >= 15 is 0 Å². The van der Waals surface area contributed by atoms with E-state index in [2.05, 4.69) is 22.5 Å².